The summed E-state index contributed by atoms with van der Waals surface area (Å²) in [5, 5.41) is 3.12. The van der Waals surface area contributed by atoms with E-state index in [1.54, 1.807) is 55.6 Å². The van der Waals surface area contributed by atoms with Crippen molar-refractivity contribution < 1.29 is 28.5 Å². The van der Waals surface area contributed by atoms with E-state index in [0.717, 1.165) is 4.90 Å². The smallest absolute Gasteiger partial charge is 0.282 e. The van der Waals surface area contributed by atoms with Crippen LogP contribution in [0.15, 0.2) is 72.4 Å². The molecule has 3 aromatic rings. The largest absolute Gasteiger partial charge is 0.497 e. The van der Waals surface area contributed by atoms with Gasteiger partial charge in [-0.15, -0.1) is 0 Å². The summed E-state index contributed by atoms with van der Waals surface area (Å²) in [7, 11) is 6.08. The van der Waals surface area contributed by atoms with Crippen LogP contribution in [0.3, 0.4) is 0 Å². The molecule has 1 aliphatic rings. The van der Waals surface area contributed by atoms with Crippen LogP contribution in [-0.4, -0.2) is 40.3 Å². The van der Waals surface area contributed by atoms with E-state index in [0.29, 0.717) is 39.9 Å². The molecule has 0 aliphatic carbocycles. The Hall–Kier alpha value is -4.46. The first-order valence-corrected chi connectivity index (χ1v) is 10.4. The molecule has 0 saturated carbocycles. The lowest BCUT2D eigenvalue weighted by atomic mass is 10.0. The van der Waals surface area contributed by atoms with Gasteiger partial charge in [-0.2, -0.15) is 0 Å². The molecule has 0 unspecified atom stereocenters. The van der Waals surface area contributed by atoms with E-state index in [2.05, 4.69) is 5.32 Å². The lowest BCUT2D eigenvalue weighted by Crippen LogP contribution is -2.32. The third-order valence-electron chi connectivity index (χ3n) is 5.39. The summed E-state index contributed by atoms with van der Waals surface area (Å²) in [5.74, 6) is 0.975. The van der Waals surface area contributed by atoms with Crippen molar-refractivity contribution in [2.75, 3.05) is 38.7 Å². The normalized spacial score (nSPS) is 13.2. The second kappa shape index (κ2) is 9.58. The zero-order valence-corrected chi connectivity index (χ0v) is 19.2. The number of benzene rings is 3. The minimum atomic E-state index is -0.506. The minimum absolute atomic E-state index is 0.144. The van der Waals surface area contributed by atoms with Crippen LogP contribution in [0.5, 0.6) is 23.0 Å². The summed E-state index contributed by atoms with van der Waals surface area (Å²) >= 11 is 0. The van der Waals surface area contributed by atoms with Crippen molar-refractivity contribution in [2.45, 2.75) is 0 Å². The van der Waals surface area contributed by atoms with Crippen LogP contribution < -0.4 is 29.2 Å². The average molecular weight is 460 g/mol. The van der Waals surface area contributed by atoms with Crippen LogP contribution in [-0.2, 0) is 9.59 Å². The molecule has 8 heteroatoms. The van der Waals surface area contributed by atoms with Gasteiger partial charge in [-0.1, -0.05) is 30.3 Å². The van der Waals surface area contributed by atoms with Crippen molar-refractivity contribution in [1.29, 1.82) is 0 Å². The summed E-state index contributed by atoms with van der Waals surface area (Å²) in [6.07, 6.45) is 0. The molecule has 1 heterocycles. The molecule has 3 aromatic carbocycles. The van der Waals surface area contributed by atoms with Crippen molar-refractivity contribution >= 4 is 28.8 Å². The summed E-state index contributed by atoms with van der Waals surface area (Å²) < 4.78 is 21.3. The molecule has 2 amide bonds. The average Bonchev–Trinajstić information content (AvgIpc) is 3.12. The molecule has 1 N–H and O–H groups in total. The van der Waals surface area contributed by atoms with Gasteiger partial charge in [0.05, 0.1) is 39.7 Å². The van der Waals surface area contributed by atoms with Gasteiger partial charge in [0, 0.05) is 30.0 Å². The van der Waals surface area contributed by atoms with Crippen LogP contribution in [0, 0.1) is 0 Å². The Morgan fingerprint density at radius 1 is 0.676 bits per heavy atom. The van der Waals surface area contributed by atoms with E-state index >= 15 is 0 Å². The van der Waals surface area contributed by atoms with Gasteiger partial charge in [0.1, 0.15) is 17.2 Å². The van der Waals surface area contributed by atoms with E-state index in [1.807, 2.05) is 18.2 Å². The predicted molar refractivity (Wildman–Crippen MR) is 129 cm³/mol. The summed E-state index contributed by atoms with van der Waals surface area (Å²) in [4.78, 5) is 28.4. The van der Waals surface area contributed by atoms with E-state index < -0.39 is 11.8 Å². The van der Waals surface area contributed by atoms with Crippen LogP contribution >= 0.6 is 0 Å². The number of carbonyl (C=O) groups is 2. The van der Waals surface area contributed by atoms with E-state index in [-0.39, 0.29) is 11.3 Å². The molecule has 8 nitrogen and oxygen atoms in total. The fourth-order valence-corrected chi connectivity index (χ4v) is 3.73. The molecule has 0 fully saturated rings. The van der Waals surface area contributed by atoms with Gasteiger partial charge in [0.25, 0.3) is 11.8 Å². The number of nitrogens with zero attached hydrogens (tertiary/aromatic N) is 1. The van der Waals surface area contributed by atoms with E-state index in [1.165, 1.54) is 21.3 Å². The van der Waals surface area contributed by atoms with Crippen molar-refractivity contribution in [3.63, 3.8) is 0 Å². The second-order valence-corrected chi connectivity index (χ2v) is 7.33. The van der Waals surface area contributed by atoms with Gasteiger partial charge in [0.15, 0.2) is 11.5 Å². The molecule has 0 saturated heterocycles. The third-order valence-corrected chi connectivity index (χ3v) is 5.39. The highest BCUT2D eigenvalue weighted by molar-refractivity contribution is 6.46. The number of rotatable bonds is 8. The molecule has 0 spiro atoms. The molecule has 0 aromatic heterocycles. The van der Waals surface area contributed by atoms with Gasteiger partial charge in [-0.3, -0.25) is 9.59 Å². The highest BCUT2D eigenvalue weighted by Crippen LogP contribution is 2.38. The van der Waals surface area contributed by atoms with Crippen molar-refractivity contribution in [1.82, 2.24) is 0 Å². The first-order valence-electron chi connectivity index (χ1n) is 10.4. The number of ether oxygens (including phenoxy) is 4. The number of nitrogens with one attached hydrogen (secondary N) is 1. The number of methoxy groups -OCH3 is 4. The van der Waals surface area contributed by atoms with Crippen molar-refractivity contribution in [3.8, 4) is 23.0 Å². The summed E-state index contributed by atoms with van der Waals surface area (Å²) in [6.45, 7) is 0. The Labute approximate surface area is 197 Å². The number of imide groups is 1. The number of carbonyl (C=O) groups excluding carboxylic acids is 2. The Balaban J connectivity index is 1.81. The lowest BCUT2D eigenvalue weighted by Gasteiger charge is -2.17. The Bertz CT molecular complexity index is 1250. The van der Waals surface area contributed by atoms with Crippen LogP contribution in [0.4, 0.5) is 11.4 Å². The third kappa shape index (κ3) is 4.13. The van der Waals surface area contributed by atoms with Crippen molar-refractivity contribution in [3.05, 3.63) is 78.0 Å². The Morgan fingerprint density at radius 3 is 1.91 bits per heavy atom. The van der Waals surface area contributed by atoms with Crippen LogP contribution in [0.2, 0.25) is 0 Å². The molecule has 0 radical (unpaired) electrons. The maximum absolute atomic E-state index is 13.6. The molecule has 34 heavy (non-hydrogen) atoms. The summed E-state index contributed by atoms with van der Waals surface area (Å²) in [5.41, 5.74) is 1.91. The van der Waals surface area contributed by atoms with Gasteiger partial charge < -0.3 is 24.3 Å². The zero-order chi connectivity index (χ0) is 24.2. The monoisotopic (exact) mass is 460 g/mol. The van der Waals surface area contributed by atoms with E-state index in [9.17, 15) is 9.59 Å². The molecule has 1 aliphatic heterocycles. The van der Waals surface area contributed by atoms with Gasteiger partial charge in [0.2, 0.25) is 0 Å². The first kappa shape index (κ1) is 22.7. The van der Waals surface area contributed by atoms with Crippen molar-refractivity contribution in [2.24, 2.45) is 0 Å². The molecule has 0 atom stereocenters. The topological polar surface area (TPSA) is 86.3 Å². The van der Waals surface area contributed by atoms with E-state index in [4.69, 9.17) is 18.9 Å². The highest BCUT2D eigenvalue weighted by Gasteiger charge is 2.40. The quantitative estimate of drug-likeness (QED) is 0.506. The zero-order valence-electron chi connectivity index (χ0n) is 19.2. The molecule has 0 bridgehead atoms. The SMILES string of the molecule is COc1cc(OC)cc(N2C(=O)C(Nc3ccc(OC)c(OC)c3)=C(c3ccccc3)C2=O)c1. The Morgan fingerprint density at radius 2 is 1.32 bits per heavy atom. The maximum Gasteiger partial charge on any atom is 0.282 e. The lowest BCUT2D eigenvalue weighted by molar-refractivity contribution is -0.120. The summed E-state index contributed by atoms with van der Waals surface area (Å²) in [6, 6.07) is 19.1. The Kier molecular flexibility index (Phi) is 6.40. The number of hydrogen-bond donors (Lipinski definition) is 1. The predicted octanol–water partition coefficient (Wildman–Crippen LogP) is 4.12. The van der Waals surface area contributed by atoms with Gasteiger partial charge in [-0.25, -0.2) is 4.90 Å². The maximum atomic E-state index is 13.6. The van der Waals surface area contributed by atoms with Crippen LogP contribution in [0.25, 0.3) is 5.57 Å². The molecule has 174 valence electrons. The molecular formula is C26H24N2O6. The molecular weight excluding hydrogens is 436 g/mol. The standard InChI is InChI=1S/C26H24N2O6/c1-31-19-13-18(14-20(15-19)32-2)28-25(29)23(16-8-6-5-7-9-16)24(26(28)30)27-17-10-11-21(33-3)22(12-17)34-4/h5-15,27H,1-4H3. The fraction of sp³-hybridized carbons (Fsp3) is 0.154. The number of hydrogen-bond acceptors (Lipinski definition) is 7. The second-order valence-electron chi connectivity index (χ2n) is 7.33. The first-order chi connectivity index (χ1) is 16.5. The molecule has 4 rings (SSSR count). The van der Waals surface area contributed by atoms with Gasteiger partial charge >= 0.3 is 0 Å². The fourth-order valence-electron chi connectivity index (χ4n) is 3.73. The van der Waals surface area contributed by atoms with Crippen LogP contribution in [0.1, 0.15) is 5.56 Å². The minimum Gasteiger partial charge on any atom is -0.497 e. The van der Waals surface area contributed by atoms with Gasteiger partial charge in [-0.05, 0) is 17.7 Å². The number of anilines is 2. The highest BCUT2D eigenvalue weighted by atomic mass is 16.5. The number of amides is 2.